The standard InChI is InChI=1S/C14H26ClN3/c1-5-8-16-13(11(4)7-3)14-12(15)10-17-18(14)9-6-2/h10-11,13,16H,5-9H2,1-4H3. The number of nitrogens with one attached hydrogen (secondary N) is 1. The molecular weight excluding hydrogens is 246 g/mol. The summed E-state index contributed by atoms with van der Waals surface area (Å²) >= 11 is 6.33. The van der Waals surface area contributed by atoms with Crippen molar-refractivity contribution in [2.75, 3.05) is 6.54 Å². The van der Waals surface area contributed by atoms with Gasteiger partial charge >= 0.3 is 0 Å². The second kappa shape index (κ2) is 7.80. The molecule has 0 amide bonds. The van der Waals surface area contributed by atoms with Crippen molar-refractivity contribution >= 4 is 11.6 Å². The fraction of sp³-hybridized carbons (Fsp3) is 0.786. The summed E-state index contributed by atoms with van der Waals surface area (Å²) in [6, 6.07) is 0.302. The highest BCUT2D eigenvalue weighted by Crippen LogP contribution is 2.30. The predicted octanol–water partition coefficient (Wildman–Crippen LogP) is 4.03. The Hall–Kier alpha value is -0.540. The third kappa shape index (κ3) is 3.72. The topological polar surface area (TPSA) is 29.9 Å². The summed E-state index contributed by atoms with van der Waals surface area (Å²) in [5.41, 5.74) is 1.15. The van der Waals surface area contributed by atoms with Crippen molar-refractivity contribution in [2.45, 2.75) is 59.5 Å². The number of hydrogen-bond donors (Lipinski definition) is 1. The third-order valence-corrected chi connectivity index (χ3v) is 3.68. The minimum atomic E-state index is 0.302. The zero-order chi connectivity index (χ0) is 13.5. The molecule has 3 nitrogen and oxygen atoms in total. The predicted molar refractivity (Wildman–Crippen MR) is 78.0 cm³/mol. The molecule has 0 saturated heterocycles. The normalized spacial score (nSPS) is 14.7. The maximum absolute atomic E-state index is 6.33. The molecule has 1 aromatic heterocycles. The molecule has 0 fully saturated rings. The molecule has 1 rings (SSSR count). The molecule has 0 spiro atoms. The average molecular weight is 272 g/mol. The molecule has 1 N–H and O–H groups in total. The highest BCUT2D eigenvalue weighted by molar-refractivity contribution is 6.31. The van der Waals surface area contributed by atoms with Gasteiger partial charge in [-0.25, -0.2) is 0 Å². The van der Waals surface area contributed by atoms with Crippen LogP contribution in [0.5, 0.6) is 0 Å². The van der Waals surface area contributed by atoms with E-state index in [2.05, 4.69) is 42.8 Å². The monoisotopic (exact) mass is 271 g/mol. The molecule has 0 aromatic carbocycles. The van der Waals surface area contributed by atoms with Crippen molar-refractivity contribution in [3.63, 3.8) is 0 Å². The minimum absolute atomic E-state index is 0.302. The van der Waals surface area contributed by atoms with Crippen molar-refractivity contribution in [3.05, 3.63) is 16.9 Å². The largest absolute Gasteiger partial charge is 0.308 e. The first-order valence-electron chi connectivity index (χ1n) is 7.10. The van der Waals surface area contributed by atoms with E-state index in [4.69, 9.17) is 11.6 Å². The van der Waals surface area contributed by atoms with Gasteiger partial charge in [-0.05, 0) is 25.3 Å². The van der Waals surface area contributed by atoms with Crippen molar-refractivity contribution in [1.29, 1.82) is 0 Å². The molecule has 2 unspecified atom stereocenters. The van der Waals surface area contributed by atoms with Gasteiger partial charge < -0.3 is 5.32 Å². The van der Waals surface area contributed by atoms with Crippen LogP contribution in [0.3, 0.4) is 0 Å². The van der Waals surface area contributed by atoms with Gasteiger partial charge in [0.1, 0.15) is 0 Å². The van der Waals surface area contributed by atoms with E-state index in [9.17, 15) is 0 Å². The van der Waals surface area contributed by atoms with Crippen LogP contribution in [0.25, 0.3) is 0 Å². The summed E-state index contributed by atoms with van der Waals surface area (Å²) in [6.45, 7) is 10.8. The van der Waals surface area contributed by atoms with E-state index < -0.39 is 0 Å². The van der Waals surface area contributed by atoms with E-state index >= 15 is 0 Å². The van der Waals surface area contributed by atoms with Crippen molar-refractivity contribution in [3.8, 4) is 0 Å². The van der Waals surface area contributed by atoms with Gasteiger partial charge in [0, 0.05) is 6.54 Å². The Morgan fingerprint density at radius 2 is 2.06 bits per heavy atom. The van der Waals surface area contributed by atoms with Gasteiger partial charge in [0.2, 0.25) is 0 Å². The van der Waals surface area contributed by atoms with Gasteiger partial charge in [0.25, 0.3) is 0 Å². The van der Waals surface area contributed by atoms with Gasteiger partial charge in [0.05, 0.1) is 23.0 Å². The lowest BCUT2D eigenvalue weighted by atomic mass is 9.96. The molecule has 0 aliphatic rings. The van der Waals surface area contributed by atoms with Crippen molar-refractivity contribution < 1.29 is 0 Å². The van der Waals surface area contributed by atoms with Gasteiger partial charge in [-0.1, -0.05) is 45.7 Å². The van der Waals surface area contributed by atoms with E-state index in [-0.39, 0.29) is 0 Å². The smallest absolute Gasteiger partial charge is 0.0834 e. The van der Waals surface area contributed by atoms with Gasteiger partial charge in [-0.15, -0.1) is 0 Å². The van der Waals surface area contributed by atoms with Crippen LogP contribution in [0.1, 0.15) is 58.7 Å². The van der Waals surface area contributed by atoms with Crippen LogP contribution in [0.4, 0.5) is 0 Å². The lowest BCUT2D eigenvalue weighted by Crippen LogP contribution is -2.30. The maximum Gasteiger partial charge on any atom is 0.0834 e. The molecule has 4 heteroatoms. The number of hydrogen-bond acceptors (Lipinski definition) is 2. The lowest BCUT2D eigenvalue weighted by Gasteiger charge is -2.25. The Bertz CT molecular complexity index is 349. The molecule has 0 bridgehead atoms. The molecule has 1 heterocycles. The number of nitrogens with zero attached hydrogens (tertiary/aromatic N) is 2. The molecule has 104 valence electrons. The van der Waals surface area contributed by atoms with Crippen LogP contribution in [0.2, 0.25) is 5.02 Å². The molecule has 0 aliphatic carbocycles. The molecule has 0 radical (unpaired) electrons. The first-order chi connectivity index (χ1) is 8.65. The molecule has 2 atom stereocenters. The summed E-state index contributed by atoms with van der Waals surface area (Å²) in [5.74, 6) is 0.557. The maximum atomic E-state index is 6.33. The SMILES string of the molecule is CCCNC(c1c(Cl)cnn1CCC)C(C)CC. The summed E-state index contributed by atoms with van der Waals surface area (Å²) in [6.07, 6.45) is 5.11. The molecule has 0 saturated carbocycles. The van der Waals surface area contributed by atoms with E-state index in [1.807, 2.05) is 0 Å². The first-order valence-corrected chi connectivity index (χ1v) is 7.47. The quantitative estimate of drug-likeness (QED) is 0.774. The lowest BCUT2D eigenvalue weighted by molar-refractivity contribution is 0.352. The Labute approximate surface area is 116 Å². The second-order valence-corrected chi connectivity index (χ2v) is 5.33. The number of aryl methyl sites for hydroxylation is 1. The van der Waals surface area contributed by atoms with Crippen LogP contribution < -0.4 is 5.32 Å². The molecular formula is C14H26ClN3. The zero-order valence-electron chi connectivity index (χ0n) is 12.0. The van der Waals surface area contributed by atoms with Crippen LogP contribution >= 0.6 is 11.6 Å². The number of halogens is 1. The number of rotatable bonds is 8. The van der Waals surface area contributed by atoms with Gasteiger partial charge in [-0.3, -0.25) is 4.68 Å². The average Bonchev–Trinajstić information content (AvgIpc) is 2.72. The fourth-order valence-corrected chi connectivity index (χ4v) is 2.43. The van der Waals surface area contributed by atoms with Crippen LogP contribution in [0.15, 0.2) is 6.20 Å². The van der Waals surface area contributed by atoms with E-state index in [0.717, 1.165) is 43.1 Å². The van der Waals surface area contributed by atoms with Gasteiger partial charge in [-0.2, -0.15) is 5.10 Å². The summed E-state index contributed by atoms with van der Waals surface area (Å²) in [4.78, 5) is 0. The summed E-state index contributed by atoms with van der Waals surface area (Å²) in [7, 11) is 0. The van der Waals surface area contributed by atoms with Gasteiger partial charge in [0.15, 0.2) is 0 Å². The Morgan fingerprint density at radius 3 is 2.61 bits per heavy atom. The Kier molecular flexibility index (Phi) is 6.72. The highest BCUT2D eigenvalue weighted by Gasteiger charge is 2.24. The molecule has 18 heavy (non-hydrogen) atoms. The van der Waals surface area contributed by atoms with Crippen molar-refractivity contribution in [2.24, 2.45) is 5.92 Å². The Balaban J connectivity index is 2.98. The molecule has 0 aliphatic heterocycles. The zero-order valence-corrected chi connectivity index (χ0v) is 12.8. The number of aromatic nitrogens is 2. The van der Waals surface area contributed by atoms with E-state index in [1.165, 1.54) is 0 Å². The highest BCUT2D eigenvalue weighted by atomic mass is 35.5. The van der Waals surface area contributed by atoms with Crippen molar-refractivity contribution in [1.82, 2.24) is 15.1 Å². The summed E-state index contributed by atoms with van der Waals surface area (Å²) < 4.78 is 2.06. The van der Waals surface area contributed by atoms with E-state index in [0.29, 0.717) is 12.0 Å². The van der Waals surface area contributed by atoms with E-state index in [1.54, 1.807) is 6.20 Å². The third-order valence-electron chi connectivity index (χ3n) is 3.39. The fourth-order valence-electron chi connectivity index (χ4n) is 2.17. The minimum Gasteiger partial charge on any atom is -0.308 e. The van der Waals surface area contributed by atoms with Crippen LogP contribution in [0, 0.1) is 5.92 Å². The Morgan fingerprint density at radius 1 is 1.33 bits per heavy atom. The first kappa shape index (κ1) is 15.5. The van der Waals surface area contributed by atoms with Crippen LogP contribution in [-0.4, -0.2) is 16.3 Å². The second-order valence-electron chi connectivity index (χ2n) is 4.92. The molecule has 1 aromatic rings. The van der Waals surface area contributed by atoms with Crippen LogP contribution in [-0.2, 0) is 6.54 Å². The summed E-state index contributed by atoms with van der Waals surface area (Å²) in [5, 5.41) is 8.80.